The highest BCUT2D eigenvalue weighted by molar-refractivity contribution is 9.10. The predicted molar refractivity (Wildman–Crippen MR) is 150 cm³/mol. The summed E-state index contributed by atoms with van der Waals surface area (Å²) in [5.74, 6) is 1.12. The molecule has 1 aliphatic rings. The highest BCUT2D eigenvalue weighted by Crippen LogP contribution is 2.38. The summed E-state index contributed by atoms with van der Waals surface area (Å²) in [5.41, 5.74) is 4.29. The Morgan fingerprint density at radius 1 is 1.11 bits per heavy atom. The number of amides is 1. The van der Waals surface area contributed by atoms with Gasteiger partial charge in [0.25, 0.3) is 0 Å². The van der Waals surface area contributed by atoms with Gasteiger partial charge in [-0.1, -0.05) is 39.7 Å². The lowest BCUT2D eigenvalue weighted by Crippen LogP contribution is -2.42. The minimum atomic E-state index is -0.787. The van der Waals surface area contributed by atoms with Gasteiger partial charge in [-0.25, -0.2) is 4.79 Å². The van der Waals surface area contributed by atoms with Crippen LogP contribution in [0.4, 0.5) is 4.79 Å². The van der Waals surface area contributed by atoms with Crippen molar-refractivity contribution in [3.05, 3.63) is 93.0 Å². The number of aliphatic hydroxyl groups excluding tert-OH is 2. The quantitative estimate of drug-likeness (QED) is 0.229. The molecule has 1 aromatic heterocycles. The molecule has 38 heavy (non-hydrogen) atoms. The van der Waals surface area contributed by atoms with Gasteiger partial charge >= 0.3 is 6.09 Å². The number of rotatable bonds is 8. The summed E-state index contributed by atoms with van der Waals surface area (Å²) >= 11 is 9.57. The van der Waals surface area contributed by atoms with Crippen molar-refractivity contribution in [3.63, 3.8) is 0 Å². The summed E-state index contributed by atoms with van der Waals surface area (Å²) in [6.45, 7) is 0.549. The van der Waals surface area contributed by atoms with E-state index in [1.807, 2.05) is 36.4 Å². The molecule has 0 radical (unpaired) electrons. The molecule has 0 spiro atoms. The van der Waals surface area contributed by atoms with Crippen molar-refractivity contribution < 1.29 is 24.5 Å². The van der Waals surface area contributed by atoms with Crippen LogP contribution in [0.2, 0.25) is 5.02 Å². The van der Waals surface area contributed by atoms with E-state index in [0.29, 0.717) is 48.9 Å². The molecule has 1 aliphatic heterocycles. The fraction of sp³-hybridized carbons (Fsp3) is 0.276. The van der Waals surface area contributed by atoms with Gasteiger partial charge in [0.15, 0.2) is 0 Å². The van der Waals surface area contributed by atoms with E-state index in [1.165, 1.54) is 5.56 Å². The molecular formula is C29H28BrClN2O5. The fourth-order valence-electron chi connectivity index (χ4n) is 4.78. The molecule has 0 bridgehead atoms. The van der Waals surface area contributed by atoms with Crippen LogP contribution in [0.3, 0.4) is 0 Å². The van der Waals surface area contributed by atoms with Crippen LogP contribution >= 0.6 is 27.5 Å². The van der Waals surface area contributed by atoms with Crippen molar-refractivity contribution in [2.45, 2.75) is 31.4 Å². The van der Waals surface area contributed by atoms with E-state index in [4.69, 9.17) is 26.2 Å². The highest BCUT2D eigenvalue weighted by Gasteiger charge is 2.34. The molecule has 9 heteroatoms. The number of ether oxygens (including phenoxy) is 2. The molecule has 1 unspecified atom stereocenters. The zero-order chi connectivity index (χ0) is 26.6. The first-order chi connectivity index (χ1) is 18.4. The van der Waals surface area contributed by atoms with Crippen molar-refractivity contribution in [1.82, 2.24) is 9.88 Å². The Morgan fingerprint density at radius 2 is 1.84 bits per heavy atom. The molecule has 0 fully saturated rings. The van der Waals surface area contributed by atoms with Gasteiger partial charge in [-0.3, -0.25) is 4.90 Å². The number of aliphatic hydroxyl groups is 2. The first kappa shape index (κ1) is 26.6. The Morgan fingerprint density at radius 3 is 2.58 bits per heavy atom. The number of nitrogens with one attached hydrogen (secondary N) is 1. The molecule has 3 aromatic carbocycles. The summed E-state index contributed by atoms with van der Waals surface area (Å²) in [5, 5.41) is 20.2. The summed E-state index contributed by atoms with van der Waals surface area (Å²) in [6, 6.07) is 20.4. The van der Waals surface area contributed by atoms with Gasteiger partial charge in [-0.2, -0.15) is 0 Å². The molecule has 3 N–H and O–H groups in total. The minimum Gasteiger partial charge on any atom is -0.493 e. The topological polar surface area (TPSA) is 95.0 Å². The van der Waals surface area contributed by atoms with E-state index in [1.54, 1.807) is 29.2 Å². The third-order valence-corrected chi connectivity index (χ3v) is 7.49. The van der Waals surface area contributed by atoms with E-state index in [9.17, 15) is 9.90 Å². The van der Waals surface area contributed by atoms with Gasteiger partial charge in [0.1, 0.15) is 11.5 Å². The van der Waals surface area contributed by atoms with Crippen LogP contribution in [-0.2, 0) is 12.8 Å². The Hall–Kier alpha value is -3.04. The molecule has 7 nitrogen and oxygen atoms in total. The molecule has 5 rings (SSSR count). The molecule has 2 atom stereocenters. The van der Waals surface area contributed by atoms with Gasteiger partial charge in [-0.15, -0.1) is 0 Å². The second kappa shape index (κ2) is 11.8. The van der Waals surface area contributed by atoms with Crippen LogP contribution in [0.5, 0.6) is 11.5 Å². The number of aromatic amines is 1. The summed E-state index contributed by atoms with van der Waals surface area (Å²) in [7, 11) is 0. The lowest BCUT2D eigenvalue weighted by molar-refractivity contribution is 0.0754. The Kier molecular flexibility index (Phi) is 8.24. The number of halogens is 2. The summed E-state index contributed by atoms with van der Waals surface area (Å²) in [4.78, 5) is 18.7. The van der Waals surface area contributed by atoms with Gasteiger partial charge in [-0.05, 0) is 78.6 Å². The van der Waals surface area contributed by atoms with E-state index in [0.717, 1.165) is 26.6 Å². The van der Waals surface area contributed by atoms with Crippen molar-refractivity contribution in [1.29, 1.82) is 0 Å². The van der Waals surface area contributed by atoms with Gasteiger partial charge in [0.05, 0.1) is 25.4 Å². The largest absolute Gasteiger partial charge is 0.493 e. The Bertz CT molecular complexity index is 1410. The summed E-state index contributed by atoms with van der Waals surface area (Å²) < 4.78 is 12.4. The molecule has 0 aliphatic carbocycles. The number of carbonyl (C=O) groups is 1. The van der Waals surface area contributed by atoms with Crippen LogP contribution in [-0.4, -0.2) is 52.1 Å². The van der Waals surface area contributed by atoms with Crippen LogP contribution < -0.4 is 9.47 Å². The standard InChI is InChI=1S/C29H28BrClN2O5/c30-19-3-10-26-25(16-19)24-11-13-33(29(36)38-23-8-4-20(31)5-9-23)27(28(24)32-26)15-18-1-6-22(7-2-18)37-14-12-21(35)17-34/h1-10,16,21,27,32,34-35H,11-15,17H2/t21-,27?/m0/s1. The van der Waals surface area contributed by atoms with Crippen molar-refractivity contribution in [3.8, 4) is 11.5 Å². The maximum Gasteiger partial charge on any atom is 0.415 e. The summed E-state index contributed by atoms with van der Waals surface area (Å²) in [6.07, 6.45) is 0.449. The van der Waals surface area contributed by atoms with Gasteiger partial charge < -0.3 is 24.7 Å². The first-order valence-corrected chi connectivity index (χ1v) is 13.6. The SMILES string of the molecule is O=C(Oc1ccc(Cl)cc1)N1CCc2c([nH]c3ccc(Br)cc23)C1Cc1ccc(OCC[C@H](O)CO)cc1. The molecule has 0 saturated carbocycles. The average Bonchev–Trinajstić information content (AvgIpc) is 3.29. The molecular weight excluding hydrogens is 572 g/mol. The maximum atomic E-state index is 13.4. The maximum absolute atomic E-state index is 13.4. The van der Waals surface area contributed by atoms with Crippen LogP contribution in [0, 0.1) is 0 Å². The minimum absolute atomic E-state index is 0.254. The van der Waals surface area contributed by atoms with Crippen LogP contribution in [0.15, 0.2) is 71.2 Å². The molecule has 4 aromatic rings. The van der Waals surface area contributed by atoms with Gasteiger partial charge in [0, 0.05) is 39.1 Å². The van der Waals surface area contributed by atoms with Gasteiger partial charge in [0.2, 0.25) is 0 Å². The normalized spacial score (nSPS) is 15.8. The highest BCUT2D eigenvalue weighted by atomic mass is 79.9. The van der Waals surface area contributed by atoms with Crippen LogP contribution in [0.1, 0.15) is 29.3 Å². The lowest BCUT2D eigenvalue weighted by Gasteiger charge is -2.35. The number of nitrogens with zero attached hydrogens (tertiary/aromatic N) is 1. The smallest absolute Gasteiger partial charge is 0.415 e. The average molecular weight is 600 g/mol. The second-order valence-electron chi connectivity index (χ2n) is 9.31. The number of benzene rings is 3. The number of aromatic nitrogens is 1. The number of H-pyrrole nitrogens is 1. The van der Waals surface area contributed by atoms with E-state index in [2.05, 4.69) is 27.0 Å². The number of carbonyl (C=O) groups excluding carboxylic acids is 1. The zero-order valence-electron chi connectivity index (χ0n) is 20.6. The fourth-order valence-corrected chi connectivity index (χ4v) is 5.27. The molecule has 198 valence electrons. The molecule has 1 amide bonds. The van der Waals surface area contributed by atoms with Crippen molar-refractivity contribution in [2.24, 2.45) is 0 Å². The van der Waals surface area contributed by atoms with E-state index in [-0.39, 0.29) is 12.6 Å². The zero-order valence-corrected chi connectivity index (χ0v) is 22.9. The number of hydrogen-bond acceptors (Lipinski definition) is 5. The lowest BCUT2D eigenvalue weighted by atomic mass is 9.93. The monoisotopic (exact) mass is 598 g/mol. The number of hydrogen-bond donors (Lipinski definition) is 3. The van der Waals surface area contributed by atoms with E-state index >= 15 is 0 Å². The third kappa shape index (κ3) is 5.99. The number of fused-ring (bicyclic) bond motifs is 3. The second-order valence-corrected chi connectivity index (χ2v) is 10.7. The van der Waals surface area contributed by atoms with Crippen molar-refractivity contribution >= 4 is 44.5 Å². The molecule has 0 saturated heterocycles. The Labute approximate surface area is 234 Å². The Balaban J connectivity index is 1.40. The molecule has 2 heterocycles. The first-order valence-electron chi connectivity index (χ1n) is 12.5. The predicted octanol–water partition coefficient (Wildman–Crippen LogP) is 6.05. The van der Waals surface area contributed by atoms with Crippen LogP contribution in [0.25, 0.3) is 10.9 Å². The van der Waals surface area contributed by atoms with E-state index < -0.39 is 12.2 Å². The third-order valence-electron chi connectivity index (χ3n) is 6.75. The van der Waals surface area contributed by atoms with Crippen molar-refractivity contribution in [2.75, 3.05) is 19.8 Å².